The van der Waals surface area contributed by atoms with Crippen molar-refractivity contribution in [3.63, 3.8) is 0 Å². The van der Waals surface area contributed by atoms with Crippen molar-refractivity contribution in [1.29, 1.82) is 0 Å². The van der Waals surface area contributed by atoms with Gasteiger partial charge < -0.3 is 5.32 Å². The topological polar surface area (TPSA) is 12.0 Å². The van der Waals surface area contributed by atoms with E-state index in [1.54, 1.807) is 6.07 Å². The molecule has 1 rings (SSSR count). The molecule has 0 radical (unpaired) electrons. The van der Waals surface area contributed by atoms with Gasteiger partial charge in [-0.15, -0.1) is 0 Å². The smallest absolute Gasteiger partial charge is 0.129 e. The molecular weight excluding hydrogens is 353 g/mol. The van der Waals surface area contributed by atoms with Gasteiger partial charge in [-0.3, -0.25) is 0 Å². The Morgan fingerprint density at radius 3 is 2.52 bits per heavy atom. The van der Waals surface area contributed by atoms with E-state index in [1.807, 2.05) is 0 Å². The highest BCUT2D eigenvalue weighted by Gasteiger charge is 2.24. The van der Waals surface area contributed by atoms with Crippen LogP contribution >= 0.6 is 27.5 Å². The van der Waals surface area contributed by atoms with Gasteiger partial charge in [0.1, 0.15) is 5.82 Å². The first-order valence-electron chi connectivity index (χ1n) is 7.92. The fourth-order valence-electron chi connectivity index (χ4n) is 2.68. The van der Waals surface area contributed by atoms with Crippen LogP contribution in [0.1, 0.15) is 64.5 Å². The van der Waals surface area contributed by atoms with Crippen molar-refractivity contribution in [2.24, 2.45) is 5.92 Å². The van der Waals surface area contributed by atoms with Crippen molar-refractivity contribution in [1.82, 2.24) is 5.32 Å². The largest absolute Gasteiger partial charge is 0.310 e. The normalized spacial score (nSPS) is 14.2. The predicted octanol–water partition coefficient (Wildman–Crippen LogP) is 6.50. The van der Waals surface area contributed by atoms with Crippen LogP contribution in [0.4, 0.5) is 4.39 Å². The van der Waals surface area contributed by atoms with E-state index in [-0.39, 0.29) is 11.9 Å². The molecule has 4 heteroatoms. The Labute approximate surface area is 141 Å². The number of hydrogen-bond acceptors (Lipinski definition) is 1. The Balaban J connectivity index is 3.07. The van der Waals surface area contributed by atoms with Gasteiger partial charge in [0.15, 0.2) is 0 Å². The van der Waals surface area contributed by atoms with Crippen molar-refractivity contribution in [3.8, 4) is 0 Å². The Hall–Kier alpha value is -0.120. The molecule has 1 aromatic carbocycles. The highest BCUT2D eigenvalue weighted by Crippen LogP contribution is 2.34. The van der Waals surface area contributed by atoms with E-state index in [1.165, 1.54) is 18.9 Å². The van der Waals surface area contributed by atoms with Crippen molar-refractivity contribution in [2.75, 3.05) is 6.54 Å². The maximum absolute atomic E-state index is 14.4. The second-order valence-electron chi connectivity index (χ2n) is 5.53. The minimum atomic E-state index is -0.185. The van der Waals surface area contributed by atoms with E-state index < -0.39 is 0 Å². The van der Waals surface area contributed by atoms with Gasteiger partial charge in [-0.25, -0.2) is 4.39 Å². The maximum atomic E-state index is 14.4. The van der Waals surface area contributed by atoms with Gasteiger partial charge in [0.05, 0.1) is 5.02 Å². The summed E-state index contributed by atoms with van der Waals surface area (Å²) < 4.78 is 15.0. The van der Waals surface area contributed by atoms with Crippen LogP contribution in [0.3, 0.4) is 0 Å². The molecule has 0 spiro atoms. The number of hydrogen-bond donors (Lipinski definition) is 1. The van der Waals surface area contributed by atoms with Crippen LogP contribution in [0.2, 0.25) is 5.02 Å². The van der Waals surface area contributed by atoms with Gasteiger partial charge >= 0.3 is 0 Å². The van der Waals surface area contributed by atoms with Crippen LogP contribution < -0.4 is 5.32 Å². The third-order valence-corrected chi connectivity index (χ3v) is 5.11. The second kappa shape index (κ2) is 9.81. The highest BCUT2D eigenvalue weighted by atomic mass is 79.9. The molecule has 1 aromatic rings. The predicted molar refractivity (Wildman–Crippen MR) is 93.5 cm³/mol. The first kappa shape index (κ1) is 18.9. The molecule has 120 valence electrons. The minimum Gasteiger partial charge on any atom is -0.310 e. The lowest BCUT2D eigenvalue weighted by Crippen LogP contribution is -2.29. The number of halogens is 3. The van der Waals surface area contributed by atoms with Crippen LogP contribution in [-0.4, -0.2) is 6.54 Å². The van der Waals surface area contributed by atoms with Gasteiger partial charge in [-0.2, -0.15) is 0 Å². The molecule has 0 aliphatic heterocycles. The molecule has 2 atom stereocenters. The van der Waals surface area contributed by atoms with Crippen LogP contribution in [0.25, 0.3) is 0 Å². The standard InChI is InChI=1S/C17H26BrClFN/c1-4-7-8-12(6-3)17(21-9-5-2)13-10-15(19)14(18)11-16(13)20/h10-12,17,21H,4-9H2,1-3H3. The van der Waals surface area contributed by atoms with E-state index in [9.17, 15) is 4.39 Å². The van der Waals surface area contributed by atoms with Crippen molar-refractivity contribution in [2.45, 2.75) is 58.9 Å². The zero-order valence-corrected chi connectivity index (χ0v) is 15.5. The molecule has 0 saturated heterocycles. The molecule has 0 fully saturated rings. The monoisotopic (exact) mass is 377 g/mol. The van der Waals surface area contributed by atoms with Crippen LogP contribution in [0, 0.1) is 11.7 Å². The second-order valence-corrected chi connectivity index (χ2v) is 6.79. The van der Waals surface area contributed by atoms with Crippen LogP contribution in [0.15, 0.2) is 16.6 Å². The molecule has 0 saturated carbocycles. The summed E-state index contributed by atoms with van der Waals surface area (Å²) in [5.74, 6) is 0.248. The summed E-state index contributed by atoms with van der Waals surface area (Å²) in [5.41, 5.74) is 0.694. The average molecular weight is 379 g/mol. The lowest BCUT2D eigenvalue weighted by molar-refractivity contribution is 0.316. The minimum absolute atomic E-state index is 0.0344. The first-order chi connectivity index (χ1) is 10.0. The Morgan fingerprint density at radius 1 is 1.24 bits per heavy atom. The molecule has 0 aliphatic carbocycles. The van der Waals surface area contributed by atoms with Crippen molar-refractivity contribution < 1.29 is 4.39 Å². The molecule has 1 N–H and O–H groups in total. The number of nitrogens with one attached hydrogen (secondary N) is 1. The van der Waals surface area contributed by atoms with Crippen molar-refractivity contribution >= 4 is 27.5 Å². The molecule has 0 aliphatic rings. The fraction of sp³-hybridized carbons (Fsp3) is 0.647. The lowest BCUT2D eigenvalue weighted by Gasteiger charge is -2.28. The quantitative estimate of drug-likeness (QED) is 0.484. The van der Waals surface area contributed by atoms with Gasteiger partial charge in [-0.05, 0) is 53.4 Å². The highest BCUT2D eigenvalue weighted by molar-refractivity contribution is 9.10. The SMILES string of the molecule is CCCCC(CC)C(NCCC)c1cc(Cl)c(Br)cc1F. The van der Waals surface area contributed by atoms with E-state index in [0.717, 1.165) is 25.8 Å². The molecule has 2 unspecified atom stereocenters. The Kier molecular flexibility index (Phi) is 8.84. The molecule has 21 heavy (non-hydrogen) atoms. The van der Waals surface area contributed by atoms with E-state index in [4.69, 9.17) is 11.6 Å². The summed E-state index contributed by atoms with van der Waals surface area (Å²) in [6.07, 6.45) is 5.53. The van der Waals surface area contributed by atoms with Gasteiger partial charge in [0, 0.05) is 16.1 Å². The van der Waals surface area contributed by atoms with E-state index in [0.29, 0.717) is 21.0 Å². The molecular formula is C17H26BrClFN. The summed E-state index contributed by atoms with van der Waals surface area (Å²) >= 11 is 9.46. The third-order valence-electron chi connectivity index (χ3n) is 3.91. The fourth-order valence-corrected chi connectivity index (χ4v) is 3.17. The zero-order valence-electron chi connectivity index (χ0n) is 13.2. The van der Waals surface area contributed by atoms with Gasteiger partial charge in [0.2, 0.25) is 0 Å². The number of unbranched alkanes of at least 4 members (excludes halogenated alkanes) is 1. The zero-order chi connectivity index (χ0) is 15.8. The van der Waals surface area contributed by atoms with Crippen molar-refractivity contribution in [3.05, 3.63) is 33.0 Å². The van der Waals surface area contributed by atoms with Crippen LogP contribution in [0.5, 0.6) is 0 Å². The number of rotatable bonds is 9. The number of benzene rings is 1. The summed E-state index contributed by atoms with van der Waals surface area (Å²) in [7, 11) is 0. The molecule has 0 bridgehead atoms. The summed E-state index contributed by atoms with van der Waals surface area (Å²) in [6, 6.07) is 3.28. The maximum Gasteiger partial charge on any atom is 0.129 e. The van der Waals surface area contributed by atoms with Gasteiger partial charge in [0.25, 0.3) is 0 Å². The molecule has 1 nitrogen and oxygen atoms in total. The lowest BCUT2D eigenvalue weighted by atomic mass is 9.86. The molecule has 0 aromatic heterocycles. The average Bonchev–Trinajstić information content (AvgIpc) is 2.47. The van der Waals surface area contributed by atoms with E-state index in [2.05, 4.69) is 42.0 Å². The first-order valence-corrected chi connectivity index (χ1v) is 9.09. The van der Waals surface area contributed by atoms with Gasteiger partial charge in [-0.1, -0.05) is 51.6 Å². The summed E-state index contributed by atoms with van der Waals surface area (Å²) in [5, 5.41) is 4.09. The van der Waals surface area contributed by atoms with Crippen LogP contribution in [-0.2, 0) is 0 Å². The molecule has 0 amide bonds. The molecule has 0 heterocycles. The Morgan fingerprint density at radius 2 is 1.95 bits per heavy atom. The Bertz CT molecular complexity index is 439. The van der Waals surface area contributed by atoms with E-state index >= 15 is 0 Å². The summed E-state index contributed by atoms with van der Waals surface area (Å²) in [6.45, 7) is 7.39. The summed E-state index contributed by atoms with van der Waals surface area (Å²) in [4.78, 5) is 0. The third kappa shape index (κ3) is 5.54.